The number of carbonyl (C=O) groups is 1. The van der Waals surface area contributed by atoms with Gasteiger partial charge >= 0.3 is 0 Å². The number of nitrogens with zero attached hydrogens (tertiary/aromatic N) is 4. The monoisotopic (exact) mass is 352 g/mol. The molecule has 0 saturated heterocycles. The largest absolute Gasteiger partial charge is 0.337 e. The molecule has 0 aliphatic rings. The zero-order valence-corrected chi connectivity index (χ0v) is 14.0. The Morgan fingerprint density at radius 2 is 1.96 bits per heavy atom. The number of hydrogen-bond donors (Lipinski definition) is 0. The van der Waals surface area contributed by atoms with E-state index in [-0.39, 0.29) is 23.7 Å². The summed E-state index contributed by atoms with van der Waals surface area (Å²) in [5.74, 6) is 0.402. The van der Waals surface area contributed by atoms with Gasteiger partial charge in [0.15, 0.2) is 0 Å². The summed E-state index contributed by atoms with van der Waals surface area (Å²) in [4.78, 5) is 28.8. The minimum atomic E-state index is -0.531. The van der Waals surface area contributed by atoms with Crippen LogP contribution in [0.2, 0.25) is 0 Å². The standard InChI is InChI=1S/C18H16N4O4/c1-2-21(18(23)14-9-6-10-15(11-14)22(24)25)12-16-19-17(20-26-16)13-7-4-3-5-8-13/h3-11H,2,12H2,1H3. The molecule has 2 aromatic carbocycles. The number of rotatable bonds is 6. The van der Waals surface area contributed by atoms with Crippen LogP contribution in [0.3, 0.4) is 0 Å². The molecule has 0 unspecified atom stereocenters. The van der Waals surface area contributed by atoms with E-state index in [2.05, 4.69) is 10.1 Å². The van der Waals surface area contributed by atoms with Crippen molar-refractivity contribution in [2.45, 2.75) is 13.5 Å². The van der Waals surface area contributed by atoms with Crippen LogP contribution in [0, 0.1) is 10.1 Å². The summed E-state index contributed by atoms with van der Waals surface area (Å²) < 4.78 is 5.24. The number of carbonyl (C=O) groups excluding carboxylic acids is 1. The summed E-state index contributed by atoms with van der Waals surface area (Å²) in [6, 6.07) is 15.0. The first-order valence-corrected chi connectivity index (χ1v) is 8.00. The van der Waals surface area contributed by atoms with E-state index in [0.717, 1.165) is 5.56 Å². The molecule has 8 heteroatoms. The van der Waals surface area contributed by atoms with E-state index in [1.807, 2.05) is 37.3 Å². The van der Waals surface area contributed by atoms with Crippen molar-refractivity contribution in [2.24, 2.45) is 0 Å². The number of aromatic nitrogens is 2. The normalized spacial score (nSPS) is 10.5. The zero-order chi connectivity index (χ0) is 18.5. The average Bonchev–Trinajstić information content (AvgIpc) is 3.15. The average molecular weight is 352 g/mol. The van der Waals surface area contributed by atoms with Crippen molar-refractivity contribution < 1.29 is 14.2 Å². The Kier molecular flexibility index (Phi) is 5.02. The first kappa shape index (κ1) is 17.3. The maximum absolute atomic E-state index is 12.6. The van der Waals surface area contributed by atoms with Crippen LogP contribution in [0.15, 0.2) is 59.1 Å². The molecule has 0 aliphatic carbocycles. The second kappa shape index (κ2) is 7.56. The highest BCUT2D eigenvalue weighted by Gasteiger charge is 2.20. The molecule has 0 spiro atoms. The summed E-state index contributed by atoms with van der Waals surface area (Å²) in [7, 11) is 0. The first-order valence-electron chi connectivity index (χ1n) is 8.00. The van der Waals surface area contributed by atoms with Crippen molar-refractivity contribution >= 4 is 11.6 Å². The van der Waals surface area contributed by atoms with Gasteiger partial charge in [-0.2, -0.15) is 4.98 Å². The maximum atomic E-state index is 12.6. The van der Waals surface area contributed by atoms with Crippen LogP contribution in [0.5, 0.6) is 0 Å². The van der Waals surface area contributed by atoms with Gasteiger partial charge < -0.3 is 9.42 Å². The molecule has 3 aromatic rings. The van der Waals surface area contributed by atoms with Gasteiger partial charge in [-0.15, -0.1) is 0 Å². The van der Waals surface area contributed by atoms with Gasteiger partial charge in [-0.1, -0.05) is 41.6 Å². The third-order valence-corrected chi connectivity index (χ3v) is 3.80. The van der Waals surface area contributed by atoms with Crippen molar-refractivity contribution in [2.75, 3.05) is 6.54 Å². The fourth-order valence-corrected chi connectivity index (χ4v) is 2.45. The van der Waals surface area contributed by atoms with Crippen LogP contribution in [0.25, 0.3) is 11.4 Å². The molecule has 0 atom stereocenters. The molecular weight excluding hydrogens is 336 g/mol. The third kappa shape index (κ3) is 3.75. The molecule has 132 valence electrons. The molecule has 3 rings (SSSR count). The second-order valence-electron chi connectivity index (χ2n) is 5.50. The number of nitro groups is 1. The number of hydrogen-bond acceptors (Lipinski definition) is 6. The van der Waals surface area contributed by atoms with E-state index in [1.165, 1.54) is 23.1 Å². The van der Waals surface area contributed by atoms with E-state index >= 15 is 0 Å². The van der Waals surface area contributed by atoms with Crippen LogP contribution in [0.4, 0.5) is 5.69 Å². The zero-order valence-electron chi connectivity index (χ0n) is 14.0. The lowest BCUT2D eigenvalue weighted by Crippen LogP contribution is -2.30. The van der Waals surface area contributed by atoms with Gasteiger partial charge in [-0.3, -0.25) is 14.9 Å². The minimum absolute atomic E-state index is 0.123. The fraction of sp³-hybridized carbons (Fsp3) is 0.167. The predicted octanol–water partition coefficient (Wildman–Crippen LogP) is 3.31. The van der Waals surface area contributed by atoms with E-state index in [9.17, 15) is 14.9 Å². The van der Waals surface area contributed by atoms with E-state index in [4.69, 9.17) is 4.52 Å². The molecule has 1 amide bonds. The van der Waals surface area contributed by atoms with Gasteiger partial charge in [0.1, 0.15) is 6.54 Å². The van der Waals surface area contributed by atoms with Crippen molar-refractivity contribution in [3.05, 3.63) is 76.2 Å². The topological polar surface area (TPSA) is 102 Å². The highest BCUT2D eigenvalue weighted by atomic mass is 16.6. The molecule has 0 bridgehead atoms. The van der Waals surface area contributed by atoms with E-state index in [0.29, 0.717) is 18.3 Å². The highest BCUT2D eigenvalue weighted by Crippen LogP contribution is 2.18. The van der Waals surface area contributed by atoms with E-state index < -0.39 is 4.92 Å². The summed E-state index contributed by atoms with van der Waals surface area (Å²) in [5, 5.41) is 14.8. The second-order valence-corrected chi connectivity index (χ2v) is 5.50. The molecule has 0 aliphatic heterocycles. The lowest BCUT2D eigenvalue weighted by Gasteiger charge is -2.18. The summed E-state index contributed by atoms with van der Waals surface area (Å²) in [6.07, 6.45) is 0. The van der Waals surface area contributed by atoms with E-state index in [1.54, 1.807) is 6.07 Å². The Bertz CT molecular complexity index is 924. The molecule has 26 heavy (non-hydrogen) atoms. The third-order valence-electron chi connectivity index (χ3n) is 3.80. The SMILES string of the molecule is CCN(Cc1nc(-c2ccccc2)no1)C(=O)c1cccc([N+](=O)[O-])c1. The van der Waals surface area contributed by atoms with Gasteiger partial charge in [0, 0.05) is 29.8 Å². The van der Waals surface area contributed by atoms with Crippen LogP contribution < -0.4 is 0 Å². The van der Waals surface area contributed by atoms with Crippen molar-refractivity contribution in [1.29, 1.82) is 0 Å². The Hall–Kier alpha value is -3.55. The van der Waals surface area contributed by atoms with Gasteiger partial charge in [0.2, 0.25) is 11.7 Å². The summed E-state index contributed by atoms with van der Waals surface area (Å²) >= 11 is 0. The van der Waals surface area contributed by atoms with Gasteiger partial charge in [0.05, 0.1) is 4.92 Å². The minimum Gasteiger partial charge on any atom is -0.337 e. The Morgan fingerprint density at radius 3 is 2.65 bits per heavy atom. The summed E-state index contributed by atoms with van der Waals surface area (Å²) in [5.41, 5.74) is 0.926. The maximum Gasteiger partial charge on any atom is 0.270 e. The Labute approximate surface area is 149 Å². The highest BCUT2D eigenvalue weighted by molar-refractivity contribution is 5.94. The lowest BCUT2D eigenvalue weighted by atomic mass is 10.1. The first-order chi connectivity index (χ1) is 12.6. The van der Waals surface area contributed by atoms with Crippen LogP contribution >= 0.6 is 0 Å². The molecule has 1 heterocycles. The summed E-state index contributed by atoms with van der Waals surface area (Å²) in [6.45, 7) is 2.33. The smallest absolute Gasteiger partial charge is 0.270 e. The molecule has 8 nitrogen and oxygen atoms in total. The Balaban J connectivity index is 1.77. The molecule has 0 saturated carbocycles. The predicted molar refractivity (Wildman–Crippen MR) is 93.2 cm³/mol. The molecule has 0 N–H and O–H groups in total. The number of amides is 1. The number of non-ortho nitro benzene ring substituents is 1. The molecule has 0 fully saturated rings. The Morgan fingerprint density at radius 1 is 1.19 bits per heavy atom. The van der Waals surface area contributed by atoms with Gasteiger partial charge in [-0.05, 0) is 13.0 Å². The molecular formula is C18H16N4O4. The quantitative estimate of drug-likeness (QED) is 0.498. The van der Waals surface area contributed by atoms with Crippen LogP contribution in [-0.2, 0) is 6.54 Å². The van der Waals surface area contributed by atoms with Crippen molar-refractivity contribution in [3.63, 3.8) is 0 Å². The van der Waals surface area contributed by atoms with Crippen molar-refractivity contribution in [1.82, 2.24) is 15.0 Å². The molecule has 0 radical (unpaired) electrons. The molecule has 1 aromatic heterocycles. The van der Waals surface area contributed by atoms with Crippen LogP contribution in [0.1, 0.15) is 23.2 Å². The van der Waals surface area contributed by atoms with Gasteiger partial charge in [-0.25, -0.2) is 0 Å². The fourth-order valence-electron chi connectivity index (χ4n) is 2.45. The number of nitro benzene ring substituents is 1. The van der Waals surface area contributed by atoms with Crippen molar-refractivity contribution in [3.8, 4) is 11.4 Å². The van der Waals surface area contributed by atoms with Gasteiger partial charge in [0.25, 0.3) is 11.6 Å². The number of benzene rings is 2. The van der Waals surface area contributed by atoms with Crippen LogP contribution in [-0.4, -0.2) is 32.4 Å². The lowest BCUT2D eigenvalue weighted by molar-refractivity contribution is -0.384.